The predicted octanol–water partition coefficient (Wildman–Crippen LogP) is 6.95. The molecule has 0 spiro atoms. The maximum Gasteiger partial charge on any atom is 0.409 e. The SMILES string of the molecule is N#Cc1cc(Cl)cc(Oc2c(Cl)ccc(CNC(=O)c3[nH]c4ccc(NC(=O)O)cc4c3Cl)c2F)c1. The summed E-state index contributed by atoms with van der Waals surface area (Å²) in [7, 11) is 0. The number of rotatable bonds is 6. The maximum absolute atomic E-state index is 15.2. The number of aromatic nitrogens is 1. The summed E-state index contributed by atoms with van der Waals surface area (Å²) in [6.07, 6.45) is -1.24. The number of nitrogens with zero attached hydrogens (tertiary/aromatic N) is 1. The van der Waals surface area contributed by atoms with E-state index in [9.17, 15) is 9.59 Å². The summed E-state index contributed by atoms with van der Waals surface area (Å²) in [5.74, 6) is -1.61. The highest BCUT2D eigenvalue weighted by atomic mass is 35.5. The normalized spacial score (nSPS) is 10.6. The molecule has 0 saturated carbocycles. The Bertz CT molecular complexity index is 1570. The van der Waals surface area contributed by atoms with E-state index in [1.54, 1.807) is 6.07 Å². The summed E-state index contributed by atoms with van der Waals surface area (Å²) in [6.45, 7) is -0.227. The molecule has 0 aliphatic rings. The van der Waals surface area contributed by atoms with E-state index in [2.05, 4.69) is 15.6 Å². The van der Waals surface area contributed by atoms with E-state index in [1.807, 2.05) is 6.07 Å². The largest absolute Gasteiger partial charge is 0.465 e. The first-order valence-electron chi connectivity index (χ1n) is 10.1. The number of halogens is 4. The van der Waals surface area contributed by atoms with E-state index in [0.29, 0.717) is 10.9 Å². The average Bonchev–Trinajstić information content (AvgIpc) is 3.16. The Labute approximate surface area is 218 Å². The first-order valence-corrected chi connectivity index (χ1v) is 11.2. The lowest BCUT2D eigenvalue weighted by Gasteiger charge is -2.13. The van der Waals surface area contributed by atoms with Crippen LogP contribution in [-0.4, -0.2) is 22.1 Å². The number of hydrogen-bond acceptors (Lipinski definition) is 4. The molecule has 0 fully saturated rings. The minimum atomic E-state index is -1.24. The second-order valence-electron chi connectivity index (χ2n) is 7.43. The van der Waals surface area contributed by atoms with Crippen molar-refractivity contribution in [1.29, 1.82) is 5.26 Å². The Hall–Kier alpha value is -3.97. The molecule has 0 saturated heterocycles. The molecule has 0 aliphatic heterocycles. The van der Waals surface area contributed by atoms with Crippen LogP contribution in [0, 0.1) is 17.1 Å². The maximum atomic E-state index is 15.2. The Morgan fingerprint density at radius 1 is 1.11 bits per heavy atom. The monoisotopic (exact) mass is 546 g/mol. The zero-order valence-corrected chi connectivity index (χ0v) is 20.2. The molecule has 36 heavy (non-hydrogen) atoms. The van der Waals surface area contributed by atoms with Gasteiger partial charge in [0.25, 0.3) is 5.91 Å². The first-order chi connectivity index (χ1) is 17.2. The number of hydrogen-bond donors (Lipinski definition) is 4. The summed E-state index contributed by atoms with van der Waals surface area (Å²) in [6, 6.07) is 13.5. The van der Waals surface area contributed by atoms with E-state index in [-0.39, 0.29) is 55.6 Å². The number of nitriles is 1. The third-order valence-corrected chi connectivity index (χ3v) is 5.91. The average molecular weight is 548 g/mol. The standard InChI is InChI=1S/C24H14Cl3FN4O4/c25-13-5-11(9-29)6-15(7-13)36-22-17(26)3-1-12(20(22)28)10-30-23(33)21-19(27)16-8-14(31-24(34)35)2-4-18(16)32-21/h1-8,31-32H,10H2,(H,30,33)(H,34,35). The van der Waals surface area contributed by atoms with Gasteiger partial charge in [-0.1, -0.05) is 40.9 Å². The molecule has 182 valence electrons. The molecule has 2 amide bonds. The molecule has 4 N–H and O–H groups in total. The van der Waals surface area contributed by atoms with Gasteiger partial charge in [-0.3, -0.25) is 10.1 Å². The predicted molar refractivity (Wildman–Crippen MR) is 134 cm³/mol. The fraction of sp³-hybridized carbons (Fsp3) is 0.0417. The van der Waals surface area contributed by atoms with Gasteiger partial charge in [-0.05, 0) is 42.5 Å². The number of carbonyl (C=O) groups is 2. The number of amides is 2. The van der Waals surface area contributed by atoms with E-state index >= 15 is 4.39 Å². The van der Waals surface area contributed by atoms with Gasteiger partial charge in [0.1, 0.15) is 11.4 Å². The highest BCUT2D eigenvalue weighted by molar-refractivity contribution is 6.39. The Kier molecular flexibility index (Phi) is 7.22. The molecule has 1 heterocycles. The fourth-order valence-corrected chi connectivity index (χ4v) is 4.09. The number of aromatic amines is 1. The van der Waals surface area contributed by atoms with Gasteiger partial charge in [0.05, 0.1) is 21.7 Å². The van der Waals surface area contributed by atoms with Crippen LogP contribution in [0.1, 0.15) is 21.6 Å². The molecule has 12 heteroatoms. The number of anilines is 1. The van der Waals surface area contributed by atoms with Gasteiger partial charge >= 0.3 is 6.09 Å². The summed E-state index contributed by atoms with van der Waals surface area (Å²) < 4.78 is 20.8. The number of benzene rings is 3. The van der Waals surface area contributed by atoms with Crippen molar-refractivity contribution in [1.82, 2.24) is 10.3 Å². The van der Waals surface area contributed by atoms with Gasteiger partial charge in [-0.25, -0.2) is 9.18 Å². The Morgan fingerprint density at radius 2 is 1.89 bits per heavy atom. The third kappa shape index (κ3) is 5.31. The van der Waals surface area contributed by atoms with Crippen LogP contribution in [0.4, 0.5) is 14.9 Å². The van der Waals surface area contributed by atoms with Crippen LogP contribution in [0.15, 0.2) is 48.5 Å². The van der Waals surface area contributed by atoms with Crippen LogP contribution < -0.4 is 15.4 Å². The minimum absolute atomic E-state index is 0.0212. The Balaban J connectivity index is 1.54. The molecule has 8 nitrogen and oxygen atoms in total. The first kappa shape index (κ1) is 25.1. The summed E-state index contributed by atoms with van der Waals surface area (Å²) in [5.41, 5.74) is 1.10. The van der Waals surface area contributed by atoms with Crippen molar-refractivity contribution in [2.75, 3.05) is 5.32 Å². The molecule has 0 unspecified atom stereocenters. The minimum Gasteiger partial charge on any atom is -0.465 e. The smallest absolute Gasteiger partial charge is 0.409 e. The third-order valence-electron chi connectivity index (χ3n) is 5.00. The quantitative estimate of drug-likeness (QED) is 0.208. The topological polar surface area (TPSA) is 127 Å². The van der Waals surface area contributed by atoms with Gasteiger partial charge in [-0.15, -0.1) is 0 Å². The van der Waals surface area contributed by atoms with Crippen molar-refractivity contribution in [3.05, 3.63) is 86.2 Å². The fourth-order valence-electron chi connectivity index (χ4n) is 3.39. The highest BCUT2D eigenvalue weighted by Crippen LogP contribution is 2.35. The van der Waals surface area contributed by atoms with Crippen LogP contribution in [0.25, 0.3) is 10.9 Å². The molecule has 4 aromatic rings. The molecule has 0 atom stereocenters. The molecule has 0 aliphatic carbocycles. The van der Waals surface area contributed by atoms with Crippen molar-refractivity contribution in [2.45, 2.75) is 6.54 Å². The van der Waals surface area contributed by atoms with E-state index < -0.39 is 17.8 Å². The van der Waals surface area contributed by atoms with Crippen molar-refractivity contribution in [3.63, 3.8) is 0 Å². The summed E-state index contributed by atoms with van der Waals surface area (Å²) >= 11 is 18.4. The van der Waals surface area contributed by atoms with Crippen molar-refractivity contribution in [2.24, 2.45) is 0 Å². The lowest BCUT2D eigenvalue weighted by Crippen LogP contribution is -2.24. The second kappa shape index (κ2) is 10.3. The zero-order valence-electron chi connectivity index (χ0n) is 18.0. The molecule has 0 radical (unpaired) electrons. The van der Waals surface area contributed by atoms with Crippen LogP contribution >= 0.6 is 34.8 Å². The van der Waals surface area contributed by atoms with E-state index in [4.69, 9.17) is 49.9 Å². The lowest BCUT2D eigenvalue weighted by atomic mass is 10.2. The molecule has 0 bridgehead atoms. The van der Waals surface area contributed by atoms with Crippen molar-refractivity contribution < 1.29 is 23.8 Å². The van der Waals surface area contributed by atoms with E-state index in [0.717, 1.165) is 0 Å². The molecular weight excluding hydrogens is 534 g/mol. The number of nitrogens with one attached hydrogen (secondary N) is 3. The van der Waals surface area contributed by atoms with Gasteiger partial charge in [0.2, 0.25) is 0 Å². The summed E-state index contributed by atoms with van der Waals surface area (Å²) in [4.78, 5) is 26.5. The number of carboxylic acid groups (broad SMARTS) is 1. The van der Waals surface area contributed by atoms with Crippen molar-refractivity contribution in [3.8, 4) is 17.6 Å². The molecule has 1 aromatic heterocycles. The van der Waals surface area contributed by atoms with Gasteiger partial charge < -0.3 is 20.1 Å². The second-order valence-corrected chi connectivity index (χ2v) is 8.65. The van der Waals surface area contributed by atoms with Crippen molar-refractivity contribution >= 4 is 63.4 Å². The molecule has 3 aromatic carbocycles. The van der Waals surface area contributed by atoms with Crippen LogP contribution in [0.3, 0.4) is 0 Å². The lowest BCUT2D eigenvalue weighted by molar-refractivity contribution is 0.0946. The number of ether oxygens (including phenoxy) is 1. The van der Waals surface area contributed by atoms with Gasteiger partial charge in [-0.2, -0.15) is 5.26 Å². The summed E-state index contributed by atoms with van der Waals surface area (Å²) in [5, 5.41) is 23.5. The number of carbonyl (C=O) groups excluding carboxylic acids is 1. The number of H-pyrrole nitrogens is 1. The highest BCUT2D eigenvalue weighted by Gasteiger charge is 2.20. The molecule has 4 rings (SSSR count). The van der Waals surface area contributed by atoms with Gasteiger partial charge in [0.15, 0.2) is 11.6 Å². The van der Waals surface area contributed by atoms with Crippen LogP contribution in [0.2, 0.25) is 15.1 Å². The van der Waals surface area contributed by atoms with E-state index in [1.165, 1.54) is 42.5 Å². The number of fused-ring (bicyclic) bond motifs is 1. The zero-order chi connectivity index (χ0) is 26.0. The molecular formula is C24H14Cl3FN4O4. The van der Waals surface area contributed by atoms with Crippen LogP contribution in [0.5, 0.6) is 11.5 Å². The Morgan fingerprint density at radius 3 is 2.61 bits per heavy atom. The van der Waals surface area contributed by atoms with Gasteiger partial charge in [0, 0.05) is 33.7 Å². The van der Waals surface area contributed by atoms with Crippen LogP contribution in [-0.2, 0) is 6.54 Å².